The van der Waals surface area contributed by atoms with Crippen LogP contribution in [0.15, 0.2) is 12.2 Å². The average molecular weight is 539 g/mol. The number of hydrogen-bond donors (Lipinski definition) is 4. The lowest BCUT2D eigenvalue weighted by atomic mass is 9.96. The minimum Gasteiger partial charge on any atom is -0.463 e. The zero-order valence-corrected chi connectivity index (χ0v) is 24.0. The Morgan fingerprint density at radius 3 is 2.21 bits per heavy atom. The molecule has 1 aliphatic rings. The van der Waals surface area contributed by atoms with Crippen LogP contribution >= 0.6 is 0 Å². The smallest absolute Gasteiger partial charge is 0.408 e. The molecule has 4 amide bonds. The van der Waals surface area contributed by atoms with Crippen molar-refractivity contribution in [3.8, 4) is 0 Å². The van der Waals surface area contributed by atoms with E-state index in [1.54, 1.807) is 41.5 Å². The molecule has 0 aromatic heterocycles. The molecule has 0 aromatic rings. The molecule has 0 aromatic carbocycles. The van der Waals surface area contributed by atoms with Crippen LogP contribution in [0.4, 0.5) is 4.79 Å². The molecule has 1 rings (SSSR count). The summed E-state index contributed by atoms with van der Waals surface area (Å²) < 4.78 is 10.2. The summed E-state index contributed by atoms with van der Waals surface area (Å²) in [5.74, 6) is -2.14. The molecule has 1 heterocycles. The van der Waals surface area contributed by atoms with Crippen LogP contribution in [0.2, 0.25) is 0 Å². The summed E-state index contributed by atoms with van der Waals surface area (Å²) >= 11 is 0. The Bertz CT molecular complexity index is 864. The normalized spacial score (nSPS) is 18.1. The number of ether oxygens (including phenoxy) is 2. The zero-order chi connectivity index (χ0) is 29.0. The number of carbonyl (C=O) groups excluding carboxylic acids is 5. The van der Waals surface area contributed by atoms with Gasteiger partial charge < -0.3 is 30.7 Å². The number of esters is 1. The first-order chi connectivity index (χ1) is 17.6. The van der Waals surface area contributed by atoms with Gasteiger partial charge in [0.25, 0.3) is 0 Å². The van der Waals surface area contributed by atoms with Crippen LogP contribution in [-0.4, -0.2) is 66.7 Å². The number of amides is 4. The van der Waals surface area contributed by atoms with E-state index in [4.69, 9.17) is 9.47 Å². The summed E-state index contributed by atoms with van der Waals surface area (Å²) in [5.41, 5.74) is -0.732. The summed E-state index contributed by atoms with van der Waals surface area (Å²) in [5, 5.41) is 11.0. The largest absolute Gasteiger partial charge is 0.463 e. The van der Waals surface area contributed by atoms with Gasteiger partial charge in [-0.2, -0.15) is 0 Å². The third-order valence-electron chi connectivity index (χ3n) is 5.74. The van der Waals surface area contributed by atoms with Crippen molar-refractivity contribution in [1.29, 1.82) is 0 Å². The van der Waals surface area contributed by atoms with Crippen LogP contribution in [0.25, 0.3) is 0 Å². The minimum atomic E-state index is -0.922. The van der Waals surface area contributed by atoms with E-state index < -0.39 is 47.6 Å². The van der Waals surface area contributed by atoms with Crippen molar-refractivity contribution >= 4 is 29.8 Å². The molecule has 1 aliphatic heterocycles. The highest BCUT2D eigenvalue weighted by Gasteiger charge is 2.32. The van der Waals surface area contributed by atoms with Crippen molar-refractivity contribution in [2.45, 2.75) is 98.4 Å². The molecule has 4 atom stereocenters. The van der Waals surface area contributed by atoms with Crippen LogP contribution in [0.5, 0.6) is 0 Å². The van der Waals surface area contributed by atoms with Crippen molar-refractivity contribution in [2.24, 2.45) is 17.8 Å². The maximum absolute atomic E-state index is 13.4. The molecule has 11 heteroatoms. The van der Waals surface area contributed by atoms with Gasteiger partial charge in [-0.15, -0.1) is 0 Å². The Hall–Kier alpha value is -3.11. The van der Waals surface area contributed by atoms with Gasteiger partial charge in [0, 0.05) is 24.6 Å². The molecule has 38 heavy (non-hydrogen) atoms. The molecule has 11 nitrogen and oxygen atoms in total. The number of rotatable bonds is 13. The molecule has 1 saturated heterocycles. The zero-order valence-electron chi connectivity index (χ0n) is 24.0. The number of nitrogens with one attached hydrogen (secondary N) is 4. The minimum absolute atomic E-state index is 0.0662. The van der Waals surface area contributed by atoms with E-state index >= 15 is 0 Å². The topological polar surface area (TPSA) is 152 Å². The van der Waals surface area contributed by atoms with Crippen molar-refractivity contribution in [3.63, 3.8) is 0 Å². The van der Waals surface area contributed by atoms with Crippen LogP contribution in [0.1, 0.15) is 74.7 Å². The Balaban J connectivity index is 3.04. The van der Waals surface area contributed by atoms with Crippen molar-refractivity contribution < 1.29 is 33.4 Å². The molecule has 0 unspecified atom stereocenters. The molecule has 0 spiro atoms. The van der Waals surface area contributed by atoms with Gasteiger partial charge in [0.15, 0.2) is 0 Å². The van der Waals surface area contributed by atoms with Gasteiger partial charge in [-0.25, -0.2) is 9.59 Å². The third-order valence-corrected chi connectivity index (χ3v) is 5.74. The molecule has 4 N–H and O–H groups in total. The van der Waals surface area contributed by atoms with Gasteiger partial charge in [0.2, 0.25) is 17.7 Å². The first kappa shape index (κ1) is 32.9. The number of carbonyl (C=O) groups is 5. The standard InChI is InChI=1S/C27H46N4O7/c1-9-37-21(32)11-10-19(15-18-12-13-28-23(18)33)29-24(34)20(14-16(2)3)30-25(35)22(17(4)5)31-26(36)38-27(6,7)8/h10-11,16-20,22H,9,12-15H2,1-8H3,(H,28,33)(H,29,34)(H,30,35)(H,31,36)/t18-,19+,20-,22-/m0/s1. The second-order valence-electron chi connectivity index (χ2n) is 11.3. The maximum Gasteiger partial charge on any atom is 0.408 e. The monoisotopic (exact) mass is 538 g/mol. The fraction of sp³-hybridized carbons (Fsp3) is 0.741. The summed E-state index contributed by atoms with van der Waals surface area (Å²) in [6.07, 6.45) is 3.28. The Morgan fingerprint density at radius 2 is 1.71 bits per heavy atom. The van der Waals surface area contributed by atoms with Gasteiger partial charge in [0.1, 0.15) is 17.7 Å². The van der Waals surface area contributed by atoms with Crippen LogP contribution in [0, 0.1) is 17.8 Å². The quantitative estimate of drug-likeness (QED) is 0.207. The first-order valence-corrected chi connectivity index (χ1v) is 13.4. The molecule has 0 aliphatic carbocycles. The fourth-order valence-electron chi connectivity index (χ4n) is 3.96. The second-order valence-corrected chi connectivity index (χ2v) is 11.3. The lowest BCUT2D eigenvalue weighted by molar-refractivity contribution is -0.137. The van der Waals surface area contributed by atoms with Gasteiger partial charge in [-0.1, -0.05) is 33.8 Å². The first-order valence-electron chi connectivity index (χ1n) is 13.4. The lowest BCUT2D eigenvalue weighted by Gasteiger charge is -2.28. The highest BCUT2D eigenvalue weighted by atomic mass is 16.6. The molecule has 0 saturated carbocycles. The molecule has 216 valence electrons. The highest BCUT2D eigenvalue weighted by Crippen LogP contribution is 2.18. The average Bonchev–Trinajstić information content (AvgIpc) is 3.17. The van der Waals surface area contributed by atoms with Crippen molar-refractivity contribution in [1.82, 2.24) is 21.3 Å². The second kappa shape index (κ2) is 15.3. The molecular formula is C27H46N4O7. The van der Waals surface area contributed by atoms with Gasteiger partial charge in [-0.05, 0) is 58.8 Å². The van der Waals surface area contributed by atoms with Gasteiger partial charge >= 0.3 is 12.1 Å². The predicted octanol–water partition coefficient (Wildman–Crippen LogP) is 2.20. The summed E-state index contributed by atoms with van der Waals surface area (Å²) in [6, 6.07) is -2.46. The van der Waals surface area contributed by atoms with Crippen LogP contribution in [0.3, 0.4) is 0 Å². The SMILES string of the molecule is CCOC(=O)C=C[C@H](C[C@@H]1CCNC1=O)NC(=O)[C@H](CC(C)C)NC(=O)[C@@H](NC(=O)OC(C)(C)C)C(C)C. The Kier molecular flexibility index (Phi) is 13.3. The Labute approximate surface area is 226 Å². The van der Waals surface area contributed by atoms with E-state index in [1.807, 2.05) is 13.8 Å². The number of hydrogen-bond acceptors (Lipinski definition) is 7. The third kappa shape index (κ3) is 12.4. The van der Waals surface area contributed by atoms with E-state index in [1.165, 1.54) is 12.2 Å². The van der Waals surface area contributed by atoms with Gasteiger partial charge in [-0.3, -0.25) is 14.4 Å². The van der Waals surface area contributed by atoms with Crippen LogP contribution < -0.4 is 21.3 Å². The van der Waals surface area contributed by atoms with E-state index in [9.17, 15) is 24.0 Å². The number of alkyl carbamates (subject to hydrolysis) is 1. The fourth-order valence-corrected chi connectivity index (χ4v) is 3.96. The summed E-state index contributed by atoms with van der Waals surface area (Å²) in [6.45, 7) is 15.0. The predicted molar refractivity (Wildman–Crippen MR) is 143 cm³/mol. The maximum atomic E-state index is 13.4. The summed E-state index contributed by atoms with van der Waals surface area (Å²) in [4.78, 5) is 62.9. The molecular weight excluding hydrogens is 492 g/mol. The van der Waals surface area contributed by atoms with E-state index in [-0.39, 0.29) is 30.3 Å². The lowest BCUT2D eigenvalue weighted by Crippen LogP contribution is -2.57. The van der Waals surface area contributed by atoms with E-state index in [0.29, 0.717) is 25.8 Å². The Morgan fingerprint density at radius 1 is 1.05 bits per heavy atom. The van der Waals surface area contributed by atoms with Crippen molar-refractivity contribution in [3.05, 3.63) is 12.2 Å². The van der Waals surface area contributed by atoms with Crippen molar-refractivity contribution in [2.75, 3.05) is 13.2 Å². The van der Waals surface area contributed by atoms with E-state index in [0.717, 1.165) is 0 Å². The summed E-state index contributed by atoms with van der Waals surface area (Å²) in [7, 11) is 0. The van der Waals surface area contributed by atoms with E-state index in [2.05, 4.69) is 21.3 Å². The molecule has 0 bridgehead atoms. The molecule has 1 fully saturated rings. The molecule has 0 radical (unpaired) electrons. The van der Waals surface area contributed by atoms with Gasteiger partial charge in [0.05, 0.1) is 6.61 Å². The highest BCUT2D eigenvalue weighted by molar-refractivity contribution is 5.92. The van der Waals surface area contributed by atoms with Crippen LogP contribution in [-0.2, 0) is 28.7 Å².